The molecule has 0 saturated heterocycles. The van der Waals surface area contributed by atoms with Crippen LogP contribution < -0.4 is 4.74 Å². The van der Waals surface area contributed by atoms with Crippen LogP contribution in [0.4, 0.5) is 0 Å². The Labute approximate surface area is 141 Å². The van der Waals surface area contributed by atoms with Gasteiger partial charge in [-0.15, -0.1) is 0 Å². The molecule has 0 aliphatic carbocycles. The Morgan fingerprint density at radius 3 is 2.90 bits per heavy atom. The van der Waals surface area contributed by atoms with Gasteiger partial charge in [0.2, 0.25) is 5.88 Å². The number of alkyl halides is 1. The molecule has 4 nitrogen and oxygen atoms in total. The molecule has 0 fully saturated rings. The lowest BCUT2D eigenvalue weighted by Gasteiger charge is -2.22. The maximum Gasteiger partial charge on any atom is 0.223 e. The molecule has 3 rings (SSSR count). The molecule has 1 aliphatic heterocycles. The molecule has 1 aromatic carbocycles. The minimum Gasteiger partial charge on any atom is -0.472 e. The number of hydrogen-bond donors (Lipinski definition) is 0. The highest BCUT2D eigenvalue weighted by atomic mass is 127. The van der Waals surface area contributed by atoms with Gasteiger partial charge in [0, 0.05) is 6.42 Å². The number of aromatic nitrogens is 2. The standard InChI is InChI=1S/C15H15IN2O2S/c1-21-15-17-12-7-13(16)19-9-11(12)14(18-15)20-8-10-5-3-2-4-6-10/h2-6,13H,7-9H2,1H3. The maximum absolute atomic E-state index is 5.92. The summed E-state index contributed by atoms with van der Waals surface area (Å²) in [6.07, 6.45) is 2.78. The Balaban J connectivity index is 1.85. The summed E-state index contributed by atoms with van der Waals surface area (Å²) in [6.45, 7) is 1.02. The molecule has 1 atom stereocenters. The maximum atomic E-state index is 5.92. The Hall–Kier alpha value is -0.860. The summed E-state index contributed by atoms with van der Waals surface area (Å²) in [5, 5.41) is 0.752. The number of benzene rings is 1. The van der Waals surface area contributed by atoms with Crippen molar-refractivity contribution in [3.63, 3.8) is 0 Å². The van der Waals surface area contributed by atoms with E-state index in [1.165, 1.54) is 11.8 Å². The van der Waals surface area contributed by atoms with E-state index in [-0.39, 0.29) is 4.11 Å². The minimum atomic E-state index is 0.168. The fraction of sp³-hybridized carbons (Fsp3) is 0.333. The van der Waals surface area contributed by atoms with Crippen LogP contribution in [0.3, 0.4) is 0 Å². The fourth-order valence-electron chi connectivity index (χ4n) is 2.12. The van der Waals surface area contributed by atoms with E-state index >= 15 is 0 Å². The second kappa shape index (κ2) is 6.93. The van der Waals surface area contributed by atoms with Crippen LogP contribution in [-0.4, -0.2) is 20.3 Å². The molecule has 0 amide bonds. The lowest BCUT2D eigenvalue weighted by Crippen LogP contribution is -2.20. The van der Waals surface area contributed by atoms with E-state index in [0.29, 0.717) is 19.1 Å². The number of thioether (sulfide) groups is 1. The molecule has 6 heteroatoms. The van der Waals surface area contributed by atoms with E-state index in [1.54, 1.807) is 0 Å². The SMILES string of the molecule is CSc1nc2c(c(OCc3ccccc3)n1)COC(I)C2. The lowest BCUT2D eigenvalue weighted by molar-refractivity contribution is 0.0906. The van der Waals surface area contributed by atoms with Crippen molar-refractivity contribution in [3.8, 4) is 5.88 Å². The van der Waals surface area contributed by atoms with Crippen molar-refractivity contribution in [1.29, 1.82) is 0 Å². The number of ether oxygens (including phenoxy) is 2. The van der Waals surface area contributed by atoms with Crippen molar-refractivity contribution in [1.82, 2.24) is 9.97 Å². The molecule has 0 saturated carbocycles. The smallest absolute Gasteiger partial charge is 0.223 e. The van der Waals surface area contributed by atoms with Gasteiger partial charge in [-0.05, 0) is 11.8 Å². The number of rotatable bonds is 4. The van der Waals surface area contributed by atoms with Crippen LogP contribution in [0.15, 0.2) is 35.5 Å². The first kappa shape index (κ1) is 15.1. The Kier molecular flexibility index (Phi) is 4.97. The third-order valence-corrected chi connectivity index (χ3v) is 4.55. The molecule has 2 aromatic rings. The van der Waals surface area contributed by atoms with E-state index in [1.807, 2.05) is 36.6 Å². The normalized spacial score (nSPS) is 17.3. The van der Waals surface area contributed by atoms with Gasteiger partial charge in [-0.3, -0.25) is 0 Å². The van der Waals surface area contributed by atoms with Crippen molar-refractivity contribution >= 4 is 34.4 Å². The first-order valence-corrected chi connectivity index (χ1v) is 9.09. The highest BCUT2D eigenvalue weighted by molar-refractivity contribution is 14.1. The lowest BCUT2D eigenvalue weighted by atomic mass is 10.1. The molecular formula is C15H15IN2O2S. The van der Waals surface area contributed by atoms with Gasteiger partial charge in [-0.25, -0.2) is 4.98 Å². The molecule has 1 aliphatic rings. The topological polar surface area (TPSA) is 44.2 Å². The zero-order chi connectivity index (χ0) is 14.7. The predicted octanol–water partition coefficient (Wildman–Crippen LogP) is 3.61. The Morgan fingerprint density at radius 1 is 1.33 bits per heavy atom. The van der Waals surface area contributed by atoms with Crippen LogP contribution in [0, 0.1) is 0 Å². The summed E-state index contributed by atoms with van der Waals surface area (Å²) < 4.78 is 11.8. The van der Waals surface area contributed by atoms with Gasteiger partial charge in [0.05, 0.1) is 17.9 Å². The summed E-state index contributed by atoms with van der Waals surface area (Å²) in [7, 11) is 0. The molecule has 21 heavy (non-hydrogen) atoms. The molecule has 0 radical (unpaired) electrons. The van der Waals surface area contributed by atoms with Gasteiger partial charge < -0.3 is 9.47 Å². The van der Waals surface area contributed by atoms with E-state index in [4.69, 9.17) is 9.47 Å². The van der Waals surface area contributed by atoms with E-state index in [9.17, 15) is 0 Å². The highest BCUT2D eigenvalue weighted by Crippen LogP contribution is 2.30. The quantitative estimate of drug-likeness (QED) is 0.331. The predicted molar refractivity (Wildman–Crippen MR) is 90.9 cm³/mol. The summed E-state index contributed by atoms with van der Waals surface area (Å²) >= 11 is 3.82. The minimum absolute atomic E-state index is 0.168. The summed E-state index contributed by atoms with van der Waals surface area (Å²) in [4.78, 5) is 9.08. The number of fused-ring (bicyclic) bond motifs is 1. The second-order valence-electron chi connectivity index (χ2n) is 4.64. The van der Waals surface area contributed by atoms with Gasteiger partial charge in [0.25, 0.3) is 0 Å². The molecule has 110 valence electrons. The van der Waals surface area contributed by atoms with Crippen LogP contribution in [-0.2, 0) is 24.4 Å². The van der Waals surface area contributed by atoms with E-state index in [0.717, 1.165) is 28.4 Å². The van der Waals surface area contributed by atoms with Crippen LogP contribution in [0.2, 0.25) is 0 Å². The van der Waals surface area contributed by atoms with Crippen LogP contribution in [0.25, 0.3) is 0 Å². The summed E-state index contributed by atoms with van der Waals surface area (Å²) in [6, 6.07) is 10.1. The summed E-state index contributed by atoms with van der Waals surface area (Å²) in [5.41, 5.74) is 3.15. The van der Waals surface area contributed by atoms with E-state index in [2.05, 4.69) is 32.6 Å². The van der Waals surface area contributed by atoms with Gasteiger partial charge >= 0.3 is 0 Å². The molecular weight excluding hydrogens is 399 g/mol. The van der Waals surface area contributed by atoms with Gasteiger partial charge in [0.15, 0.2) is 5.16 Å². The van der Waals surface area contributed by atoms with Crippen LogP contribution in [0.1, 0.15) is 16.8 Å². The first-order chi connectivity index (χ1) is 10.3. The third-order valence-electron chi connectivity index (χ3n) is 3.20. The zero-order valence-electron chi connectivity index (χ0n) is 11.6. The number of halogens is 1. The van der Waals surface area contributed by atoms with Crippen molar-refractivity contribution in [3.05, 3.63) is 47.2 Å². The Morgan fingerprint density at radius 2 is 2.14 bits per heavy atom. The number of hydrogen-bond acceptors (Lipinski definition) is 5. The second-order valence-corrected chi connectivity index (χ2v) is 6.80. The molecule has 0 bridgehead atoms. The van der Waals surface area contributed by atoms with Crippen LogP contribution >= 0.6 is 34.4 Å². The third kappa shape index (κ3) is 3.67. The summed E-state index contributed by atoms with van der Waals surface area (Å²) in [5.74, 6) is 0.650. The van der Waals surface area contributed by atoms with E-state index < -0.39 is 0 Å². The molecule has 0 spiro atoms. The first-order valence-electron chi connectivity index (χ1n) is 6.62. The van der Waals surface area contributed by atoms with Gasteiger partial charge in [-0.2, -0.15) is 4.98 Å². The van der Waals surface area contributed by atoms with Crippen molar-refractivity contribution in [2.24, 2.45) is 0 Å². The fourth-order valence-corrected chi connectivity index (χ4v) is 3.09. The number of nitrogens with zero attached hydrogens (tertiary/aromatic N) is 2. The molecule has 2 heterocycles. The van der Waals surface area contributed by atoms with Gasteiger partial charge in [0.1, 0.15) is 10.7 Å². The zero-order valence-corrected chi connectivity index (χ0v) is 14.6. The molecule has 0 N–H and O–H groups in total. The van der Waals surface area contributed by atoms with Crippen molar-refractivity contribution in [2.75, 3.05) is 6.26 Å². The average molecular weight is 414 g/mol. The van der Waals surface area contributed by atoms with Crippen molar-refractivity contribution in [2.45, 2.75) is 28.9 Å². The van der Waals surface area contributed by atoms with Crippen LogP contribution in [0.5, 0.6) is 5.88 Å². The van der Waals surface area contributed by atoms with Gasteiger partial charge in [-0.1, -0.05) is 64.7 Å². The molecule has 1 unspecified atom stereocenters. The molecule has 1 aromatic heterocycles. The highest BCUT2D eigenvalue weighted by Gasteiger charge is 2.23. The largest absolute Gasteiger partial charge is 0.472 e. The monoisotopic (exact) mass is 414 g/mol. The Bertz CT molecular complexity index is 625. The average Bonchev–Trinajstić information content (AvgIpc) is 2.52. The van der Waals surface area contributed by atoms with Crippen molar-refractivity contribution < 1.29 is 9.47 Å².